The molecule has 0 bridgehead atoms. The Morgan fingerprint density at radius 2 is 2.28 bits per heavy atom. The van der Waals surface area contributed by atoms with Gasteiger partial charge in [0, 0.05) is 24.6 Å². The van der Waals surface area contributed by atoms with E-state index in [2.05, 4.69) is 16.9 Å². The van der Waals surface area contributed by atoms with Crippen LogP contribution in [0.15, 0.2) is 24.3 Å². The maximum atomic E-state index is 11.7. The Morgan fingerprint density at radius 1 is 1.50 bits per heavy atom. The number of para-hydroxylation sites is 1. The Kier molecular flexibility index (Phi) is 4.20. The third kappa shape index (κ3) is 3.23. The highest BCUT2D eigenvalue weighted by atomic mass is 16.6. The number of rotatable bonds is 5. The van der Waals surface area contributed by atoms with E-state index in [4.69, 9.17) is 4.84 Å². The van der Waals surface area contributed by atoms with Gasteiger partial charge in [-0.15, -0.1) is 0 Å². The van der Waals surface area contributed by atoms with Crippen molar-refractivity contribution in [3.63, 3.8) is 0 Å². The van der Waals surface area contributed by atoms with Gasteiger partial charge in [0.1, 0.15) is 0 Å². The molecule has 0 radical (unpaired) electrons. The van der Waals surface area contributed by atoms with E-state index in [0.717, 1.165) is 12.2 Å². The van der Waals surface area contributed by atoms with Gasteiger partial charge in [-0.05, 0) is 17.5 Å². The molecular weight excluding hydrogens is 228 g/mol. The molecule has 0 saturated carbocycles. The number of hydroxylamine groups is 1. The number of carbonyl (C=O) groups excluding carboxylic acids is 1. The van der Waals surface area contributed by atoms with Gasteiger partial charge in [0.25, 0.3) is 0 Å². The third-order valence-corrected chi connectivity index (χ3v) is 2.97. The highest BCUT2D eigenvalue weighted by Crippen LogP contribution is 2.32. The van der Waals surface area contributed by atoms with Gasteiger partial charge in [0.05, 0.1) is 6.61 Å². The van der Waals surface area contributed by atoms with Crippen LogP contribution in [-0.2, 0) is 9.63 Å². The van der Waals surface area contributed by atoms with Crippen molar-refractivity contribution in [2.75, 3.05) is 18.5 Å². The van der Waals surface area contributed by atoms with Crippen LogP contribution in [0.5, 0.6) is 0 Å². The fourth-order valence-electron chi connectivity index (χ4n) is 2.09. The molecule has 0 saturated heterocycles. The number of hydrogen-bond acceptors (Lipinski definition) is 3. The zero-order chi connectivity index (χ0) is 13.0. The molecule has 1 aliphatic heterocycles. The minimum atomic E-state index is -0.0563. The second kappa shape index (κ2) is 5.87. The molecule has 1 atom stereocenters. The lowest BCUT2D eigenvalue weighted by atomic mass is 9.98. The van der Waals surface area contributed by atoms with Crippen LogP contribution in [0.1, 0.15) is 31.7 Å². The summed E-state index contributed by atoms with van der Waals surface area (Å²) in [4.78, 5) is 16.9. The van der Waals surface area contributed by atoms with Gasteiger partial charge in [-0.1, -0.05) is 32.0 Å². The molecule has 4 nitrogen and oxygen atoms in total. The van der Waals surface area contributed by atoms with E-state index in [1.165, 1.54) is 5.56 Å². The molecule has 0 fully saturated rings. The van der Waals surface area contributed by atoms with Gasteiger partial charge < -0.3 is 5.32 Å². The predicted molar refractivity (Wildman–Crippen MR) is 71.2 cm³/mol. The number of hydrogen-bond donors (Lipinski definition) is 2. The first-order chi connectivity index (χ1) is 8.66. The minimum Gasteiger partial charge on any atom is -0.384 e. The summed E-state index contributed by atoms with van der Waals surface area (Å²) >= 11 is 0. The second-order valence-corrected chi connectivity index (χ2v) is 5.10. The Morgan fingerprint density at radius 3 is 3.06 bits per heavy atom. The number of nitrogens with one attached hydrogen (secondary N) is 2. The summed E-state index contributed by atoms with van der Waals surface area (Å²) in [6, 6.07) is 8.12. The summed E-state index contributed by atoms with van der Waals surface area (Å²) in [6.07, 6.45) is 0.460. The maximum absolute atomic E-state index is 11.7. The third-order valence-electron chi connectivity index (χ3n) is 2.97. The van der Waals surface area contributed by atoms with Crippen molar-refractivity contribution >= 4 is 11.6 Å². The normalized spacial score (nSPS) is 17.4. The first-order valence-electron chi connectivity index (χ1n) is 6.40. The van der Waals surface area contributed by atoms with E-state index in [9.17, 15) is 4.79 Å². The highest BCUT2D eigenvalue weighted by molar-refractivity contribution is 5.77. The SMILES string of the molecule is CC(C)CONC(=O)CC1CNc2ccccc21. The largest absolute Gasteiger partial charge is 0.384 e. The monoisotopic (exact) mass is 248 g/mol. The molecule has 1 aromatic carbocycles. The standard InChI is InChI=1S/C14H20N2O2/c1-10(2)9-18-16-14(17)7-11-8-15-13-6-4-3-5-12(11)13/h3-6,10-11,15H,7-9H2,1-2H3,(H,16,17). The van der Waals surface area contributed by atoms with Gasteiger partial charge in [-0.2, -0.15) is 0 Å². The average Bonchev–Trinajstić information content (AvgIpc) is 2.72. The van der Waals surface area contributed by atoms with Crippen molar-refractivity contribution in [2.45, 2.75) is 26.2 Å². The van der Waals surface area contributed by atoms with E-state index in [0.29, 0.717) is 18.9 Å². The molecule has 1 aromatic rings. The van der Waals surface area contributed by atoms with E-state index in [1.54, 1.807) is 0 Å². The first-order valence-corrected chi connectivity index (χ1v) is 6.40. The van der Waals surface area contributed by atoms with Crippen molar-refractivity contribution in [1.82, 2.24) is 5.48 Å². The first kappa shape index (κ1) is 12.9. The van der Waals surface area contributed by atoms with Gasteiger partial charge in [0.2, 0.25) is 5.91 Å². The lowest BCUT2D eigenvalue weighted by Crippen LogP contribution is -2.27. The van der Waals surface area contributed by atoms with Crippen LogP contribution >= 0.6 is 0 Å². The smallest absolute Gasteiger partial charge is 0.244 e. The summed E-state index contributed by atoms with van der Waals surface area (Å²) in [7, 11) is 0. The fraction of sp³-hybridized carbons (Fsp3) is 0.500. The molecule has 2 N–H and O–H groups in total. The molecule has 0 spiro atoms. The number of amides is 1. The molecule has 0 aromatic heterocycles. The van der Waals surface area contributed by atoms with Crippen LogP contribution in [0.2, 0.25) is 0 Å². The molecule has 18 heavy (non-hydrogen) atoms. The van der Waals surface area contributed by atoms with Crippen molar-refractivity contribution in [3.8, 4) is 0 Å². The van der Waals surface area contributed by atoms with Crippen LogP contribution in [0.4, 0.5) is 5.69 Å². The van der Waals surface area contributed by atoms with E-state index >= 15 is 0 Å². The average molecular weight is 248 g/mol. The lowest BCUT2D eigenvalue weighted by Gasteiger charge is -2.11. The Balaban J connectivity index is 1.82. The van der Waals surface area contributed by atoms with Crippen LogP contribution in [0, 0.1) is 5.92 Å². The van der Waals surface area contributed by atoms with Crippen molar-refractivity contribution < 1.29 is 9.63 Å². The van der Waals surface area contributed by atoms with E-state index < -0.39 is 0 Å². The number of anilines is 1. The summed E-state index contributed by atoms with van der Waals surface area (Å²) < 4.78 is 0. The van der Waals surface area contributed by atoms with Crippen molar-refractivity contribution in [2.24, 2.45) is 5.92 Å². The molecule has 0 aliphatic carbocycles. The van der Waals surface area contributed by atoms with Crippen LogP contribution in [-0.4, -0.2) is 19.1 Å². The van der Waals surface area contributed by atoms with Gasteiger partial charge in [0.15, 0.2) is 0 Å². The molecule has 4 heteroatoms. The van der Waals surface area contributed by atoms with Crippen LogP contribution < -0.4 is 10.8 Å². The zero-order valence-corrected chi connectivity index (χ0v) is 10.9. The number of benzene rings is 1. The minimum absolute atomic E-state index is 0.0563. The molecule has 2 rings (SSSR count). The van der Waals surface area contributed by atoms with Crippen LogP contribution in [0.25, 0.3) is 0 Å². The number of fused-ring (bicyclic) bond motifs is 1. The molecule has 1 amide bonds. The van der Waals surface area contributed by atoms with Crippen molar-refractivity contribution in [1.29, 1.82) is 0 Å². The molecular formula is C14H20N2O2. The zero-order valence-electron chi connectivity index (χ0n) is 10.9. The van der Waals surface area contributed by atoms with Crippen molar-refractivity contribution in [3.05, 3.63) is 29.8 Å². The lowest BCUT2D eigenvalue weighted by molar-refractivity contribution is -0.134. The quantitative estimate of drug-likeness (QED) is 0.786. The Bertz CT molecular complexity index is 418. The molecule has 1 unspecified atom stereocenters. The van der Waals surface area contributed by atoms with Gasteiger partial charge in [-0.25, -0.2) is 5.48 Å². The molecule has 1 aliphatic rings. The maximum Gasteiger partial charge on any atom is 0.244 e. The summed E-state index contributed by atoms with van der Waals surface area (Å²) in [5.74, 6) is 0.599. The highest BCUT2D eigenvalue weighted by Gasteiger charge is 2.23. The Hall–Kier alpha value is -1.55. The Labute approximate surface area is 108 Å². The van der Waals surface area contributed by atoms with E-state index in [-0.39, 0.29) is 11.8 Å². The topological polar surface area (TPSA) is 50.4 Å². The summed E-state index contributed by atoms with van der Waals surface area (Å²) in [6.45, 7) is 5.45. The second-order valence-electron chi connectivity index (χ2n) is 5.10. The predicted octanol–water partition coefficient (Wildman–Crippen LogP) is 2.29. The number of carbonyl (C=O) groups is 1. The van der Waals surface area contributed by atoms with Gasteiger partial charge in [-0.3, -0.25) is 9.63 Å². The summed E-state index contributed by atoms with van der Waals surface area (Å²) in [5.41, 5.74) is 4.86. The van der Waals surface area contributed by atoms with Gasteiger partial charge >= 0.3 is 0 Å². The van der Waals surface area contributed by atoms with E-state index in [1.807, 2.05) is 32.0 Å². The molecule has 1 heterocycles. The summed E-state index contributed by atoms with van der Waals surface area (Å²) in [5, 5.41) is 3.31. The fourth-order valence-corrected chi connectivity index (χ4v) is 2.09. The van der Waals surface area contributed by atoms with Crippen LogP contribution in [0.3, 0.4) is 0 Å². The molecule has 98 valence electrons.